The Hall–Kier alpha value is -1.47. The Morgan fingerprint density at radius 3 is 2.70 bits per heavy atom. The van der Waals surface area contributed by atoms with E-state index >= 15 is 0 Å². The van der Waals surface area contributed by atoms with Crippen molar-refractivity contribution in [2.24, 2.45) is 5.41 Å². The van der Waals surface area contributed by atoms with Gasteiger partial charge in [-0.15, -0.1) is 0 Å². The van der Waals surface area contributed by atoms with Gasteiger partial charge in [0.2, 0.25) is 10.0 Å². The molecule has 0 aliphatic carbocycles. The number of aliphatic carboxylic acids is 1. The summed E-state index contributed by atoms with van der Waals surface area (Å²) in [6.45, 7) is 1.79. The van der Waals surface area contributed by atoms with E-state index in [0.29, 0.717) is 6.42 Å². The molecule has 1 aromatic rings. The molecule has 1 saturated heterocycles. The number of carboxylic acids is 1. The molecule has 1 aliphatic rings. The molecule has 0 saturated carbocycles. The standard InChI is InChI=1S/C13H16FNO4S/c1-2-13(12(16)17)6-7-15(9-13)20(18,19)11-5-3-4-10(14)8-11/h3-5,8H,2,6-7,9H2,1H3,(H,16,17). The fourth-order valence-corrected chi connectivity index (χ4v) is 3.99. The molecule has 1 N–H and O–H groups in total. The average molecular weight is 301 g/mol. The molecule has 2 rings (SSSR count). The maximum absolute atomic E-state index is 13.2. The molecule has 0 amide bonds. The molecular weight excluding hydrogens is 285 g/mol. The Labute approximate surface area is 117 Å². The van der Waals surface area contributed by atoms with E-state index in [1.54, 1.807) is 6.92 Å². The van der Waals surface area contributed by atoms with Crippen LogP contribution in [0, 0.1) is 11.2 Å². The normalized spacial score (nSPS) is 23.9. The fraction of sp³-hybridized carbons (Fsp3) is 0.462. The predicted octanol–water partition coefficient (Wildman–Crippen LogP) is 1.70. The van der Waals surface area contributed by atoms with Crippen molar-refractivity contribution in [2.45, 2.75) is 24.7 Å². The summed E-state index contributed by atoms with van der Waals surface area (Å²) in [5, 5.41) is 9.28. The van der Waals surface area contributed by atoms with Crippen LogP contribution in [0.15, 0.2) is 29.2 Å². The van der Waals surface area contributed by atoms with Gasteiger partial charge in [-0.05, 0) is 31.0 Å². The van der Waals surface area contributed by atoms with Gasteiger partial charge >= 0.3 is 5.97 Å². The van der Waals surface area contributed by atoms with Gasteiger partial charge in [-0.3, -0.25) is 4.79 Å². The van der Waals surface area contributed by atoms with Crippen LogP contribution >= 0.6 is 0 Å². The molecule has 20 heavy (non-hydrogen) atoms. The molecule has 5 nitrogen and oxygen atoms in total. The first-order chi connectivity index (χ1) is 9.32. The molecule has 0 radical (unpaired) electrons. The zero-order valence-electron chi connectivity index (χ0n) is 11.0. The molecule has 0 aromatic heterocycles. The lowest BCUT2D eigenvalue weighted by molar-refractivity contribution is -0.148. The number of nitrogens with zero attached hydrogens (tertiary/aromatic N) is 1. The minimum atomic E-state index is -3.85. The van der Waals surface area contributed by atoms with E-state index in [9.17, 15) is 22.7 Å². The van der Waals surface area contributed by atoms with Gasteiger partial charge in [-0.1, -0.05) is 13.0 Å². The van der Waals surface area contributed by atoms with E-state index < -0.39 is 27.2 Å². The van der Waals surface area contributed by atoms with Crippen LogP contribution < -0.4 is 0 Å². The van der Waals surface area contributed by atoms with E-state index in [1.165, 1.54) is 12.1 Å². The molecule has 110 valence electrons. The molecule has 1 aliphatic heterocycles. The van der Waals surface area contributed by atoms with Crippen molar-refractivity contribution >= 4 is 16.0 Å². The Balaban J connectivity index is 2.32. The van der Waals surface area contributed by atoms with Gasteiger partial charge in [0.1, 0.15) is 5.82 Å². The summed E-state index contributed by atoms with van der Waals surface area (Å²) < 4.78 is 39.0. The summed E-state index contributed by atoms with van der Waals surface area (Å²) in [5.41, 5.74) is -1.04. The summed E-state index contributed by atoms with van der Waals surface area (Å²) in [4.78, 5) is 11.2. The van der Waals surface area contributed by atoms with Gasteiger partial charge in [0.15, 0.2) is 0 Å². The van der Waals surface area contributed by atoms with Crippen molar-refractivity contribution in [3.05, 3.63) is 30.1 Å². The quantitative estimate of drug-likeness (QED) is 0.918. The van der Waals surface area contributed by atoms with Gasteiger partial charge in [-0.2, -0.15) is 4.31 Å². The van der Waals surface area contributed by atoms with Crippen LogP contribution in [0.1, 0.15) is 19.8 Å². The van der Waals surface area contributed by atoms with Crippen molar-refractivity contribution in [2.75, 3.05) is 13.1 Å². The van der Waals surface area contributed by atoms with Gasteiger partial charge in [0.05, 0.1) is 10.3 Å². The number of hydrogen-bond acceptors (Lipinski definition) is 3. The second-order valence-corrected chi connectivity index (χ2v) is 6.92. The van der Waals surface area contributed by atoms with Crippen molar-refractivity contribution in [3.8, 4) is 0 Å². The largest absolute Gasteiger partial charge is 0.481 e. The monoisotopic (exact) mass is 301 g/mol. The predicted molar refractivity (Wildman–Crippen MR) is 70.1 cm³/mol. The zero-order valence-corrected chi connectivity index (χ0v) is 11.9. The highest BCUT2D eigenvalue weighted by molar-refractivity contribution is 7.89. The molecule has 0 bridgehead atoms. The lowest BCUT2D eigenvalue weighted by atomic mass is 9.85. The van der Waals surface area contributed by atoms with E-state index in [-0.39, 0.29) is 24.4 Å². The first-order valence-electron chi connectivity index (χ1n) is 6.31. The molecule has 1 fully saturated rings. The minimum Gasteiger partial charge on any atom is -0.481 e. The molecule has 0 spiro atoms. The maximum Gasteiger partial charge on any atom is 0.311 e. The number of carbonyl (C=O) groups is 1. The van der Waals surface area contributed by atoms with Crippen LogP contribution in [-0.4, -0.2) is 36.9 Å². The topological polar surface area (TPSA) is 74.7 Å². The number of hydrogen-bond donors (Lipinski definition) is 1. The lowest BCUT2D eigenvalue weighted by Crippen LogP contribution is -2.36. The molecular formula is C13H16FNO4S. The Morgan fingerprint density at radius 1 is 1.50 bits per heavy atom. The van der Waals surface area contributed by atoms with Crippen LogP contribution in [0.2, 0.25) is 0 Å². The first-order valence-corrected chi connectivity index (χ1v) is 7.75. The van der Waals surface area contributed by atoms with Crippen LogP contribution in [-0.2, 0) is 14.8 Å². The summed E-state index contributed by atoms with van der Waals surface area (Å²) >= 11 is 0. The first kappa shape index (κ1) is 14.9. The number of halogens is 1. The van der Waals surface area contributed by atoms with E-state index in [0.717, 1.165) is 16.4 Å². The van der Waals surface area contributed by atoms with Crippen molar-refractivity contribution in [1.29, 1.82) is 0 Å². The number of rotatable bonds is 4. The van der Waals surface area contributed by atoms with Crippen molar-refractivity contribution in [1.82, 2.24) is 4.31 Å². The summed E-state index contributed by atoms with van der Waals surface area (Å²) in [6, 6.07) is 4.74. The van der Waals surface area contributed by atoms with Crippen LogP contribution in [0.5, 0.6) is 0 Å². The molecule has 1 unspecified atom stereocenters. The Bertz CT molecular complexity index is 631. The van der Waals surface area contributed by atoms with Crippen molar-refractivity contribution < 1.29 is 22.7 Å². The van der Waals surface area contributed by atoms with Gasteiger partial charge < -0.3 is 5.11 Å². The molecule has 1 atom stereocenters. The van der Waals surface area contributed by atoms with Crippen LogP contribution in [0.3, 0.4) is 0 Å². The van der Waals surface area contributed by atoms with Crippen LogP contribution in [0.25, 0.3) is 0 Å². The number of carboxylic acid groups (broad SMARTS) is 1. The van der Waals surface area contributed by atoms with E-state index in [2.05, 4.69) is 0 Å². The number of sulfonamides is 1. The summed E-state index contributed by atoms with van der Waals surface area (Å²) in [5.74, 6) is -1.62. The highest BCUT2D eigenvalue weighted by atomic mass is 32.2. The molecule has 1 heterocycles. The summed E-state index contributed by atoms with van der Waals surface area (Å²) in [7, 11) is -3.85. The second kappa shape index (κ2) is 5.14. The van der Waals surface area contributed by atoms with Crippen molar-refractivity contribution in [3.63, 3.8) is 0 Å². The smallest absolute Gasteiger partial charge is 0.311 e. The SMILES string of the molecule is CCC1(C(=O)O)CCN(S(=O)(=O)c2cccc(F)c2)C1. The van der Waals surface area contributed by atoms with Crippen LogP contribution in [0.4, 0.5) is 4.39 Å². The number of benzene rings is 1. The Kier molecular flexibility index (Phi) is 3.84. The highest BCUT2D eigenvalue weighted by Crippen LogP contribution is 2.36. The fourth-order valence-electron chi connectivity index (χ4n) is 2.43. The molecule has 7 heteroatoms. The third kappa shape index (κ3) is 2.43. The van der Waals surface area contributed by atoms with Gasteiger partial charge in [0, 0.05) is 13.1 Å². The van der Waals surface area contributed by atoms with Gasteiger partial charge in [-0.25, -0.2) is 12.8 Å². The third-order valence-corrected chi connectivity index (χ3v) is 5.72. The lowest BCUT2D eigenvalue weighted by Gasteiger charge is -2.22. The second-order valence-electron chi connectivity index (χ2n) is 4.99. The third-order valence-electron chi connectivity index (χ3n) is 3.88. The zero-order chi connectivity index (χ0) is 15.0. The summed E-state index contributed by atoms with van der Waals surface area (Å²) in [6.07, 6.45) is 0.630. The van der Waals surface area contributed by atoms with E-state index in [4.69, 9.17) is 0 Å². The Morgan fingerprint density at radius 2 is 2.20 bits per heavy atom. The van der Waals surface area contributed by atoms with Gasteiger partial charge in [0.25, 0.3) is 0 Å². The minimum absolute atomic E-state index is 0.0717. The average Bonchev–Trinajstić information content (AvgIpc) is 2.85. The maximum atomic E-state index is 13.2. The molecule has 1 aromatic carbocycles. The van der Waals surface area contributed by atoms with E-state index in [1.807, 2.05) is 0 Å². The highest BCUT2D eigenvalue weighted by Gasteiger charge is 2.47.